The molecule has 1 aromatic carbocycles. The van der Waals surface area contributed by atoms with Gasteiger partial charge in [0.15, 0.2) is 5.96 Å². The minimum absolute atomic E-state index is 0.0524. The molecule has 1 saturated heterocycles. The SMILES string of the molecule is CN=C(NCCc1ccc(C)nc1)NC1CCN(c2c(F)cccc2F)C1. The molecule has 0 saturated carbocycles. The van der Waals surface area contributed by atoms with E-state index in [0.717, 1.165) is 30.6 Å². The van der Waals surface area contributed by atoms with E-state index in [1.807, 2.05) is 19.2 Å². The number of benzene rings is 1. The van der Waals surface area contributed by atoms with Crippen LogP contribution in [-0.4, -0.2) is 43.7 Å². The third kappa shape index (κ3) is 4.93. The van der Waals surface area contributed by atoms with Gasteiger partial charge in [0.1, 0.15) is 17.3 Å². The third-order valence-electron chi connectivity index (χ3n) is 4.69. The van der Waals surface area contributed by atoms with E-state index >= 15 is 0 Å². The number of aromatic nitrogens is 1. The van der Waals surface area contributed by atoms with Crippen LogP contribution in [0.25, 0.3) is 0 Å². The summed E-state index contributed by atoms with van der Waals surface area (Å²) >= 11 is 0. The molecule has 1 aromatic heterocycles. The number of hydrogen-bond acceptors (Lipinski definition) is 3. The lowest BCUT2D eigenvalue weighted by atomic mass is 10.2. The van der Waals surface area contributed by atoms with Crippen LogP contribution in [0.1, 0.15) is 17.7 Å². The molecule has 2 aromatic rings. The summed E-state index contributed by atoms with van der Waals surface area (Å²) in [6, 6.07) is 8.11. The van der Waals surface area contributed by atoms with Gasteiger partial charge < -0.3 is 15.5 Å². The molecular formula is C20H25F2N5. The van der Waals surface area contributed by atoms with E-state index in [2.05, 4.69) is 26.7 Å². The lowest BCUT2D eigenvalue weighted by Crippen LogP contribution is -2.45. The van der Waals surface area contributed by atoms with Crippen LogP contribution in [-0.2, 0) is 6.42 Å². The Balaban J connectivity index is 1.50. The fourth-order valence-electron chi connectivity index (χ4n) is 3.23. The topological polar surface area (TPSA) is 52.6 Å². The van der Waals surface area contributed by atoms with Gasteiger partial charge in [0.2, 0.25) is 0 Å². The van der Waals surface area contributed by atoms with Gasteiger partial charge in [-0.15, -0.1) is 0 Å². The van der Waals surface area contributed by atoms with E-state index in [9.17, 15) is 8.78 Å². The number of para-hydroxylation sites is 1. The average molecular weight is 373 g/mol. The molecule has 0 aliphatic carbocycles. The van der Waals surface area contributed by atoms with Gasteiger partial charge in [0, 0.05) is 44.6 Å². The third-order valence-corrected chi connectivity index (χ3v) is 4.69. The fourth-order valence-corrected chi connectivity index (χ4v) is 3.23. The van der Waals surface area contributed by atoms with Gasteiger partial charge in [-0.2, -0.15) is 0 Å². The summed E-state index contributed by atoms with van der Waals surface area (Å²) in [5, 5.41) is 6.62. The van der Waals surface area contributed by atoms with Crippen molar-refractivity contribution in [3.05, 3.63) is 59.4 Å². The van der Waals surface area contributed by atoms with E-state index in [4.69, 9.17) is 0 Å². The van der Waals surface area contributed by atoms with Crippen LogP contribution in [0.5, 0.6) is 0 Å². The van der Waals surface area contributed by atoms with Crippen molar-refractivity contribution in [1.82, 2.24) is 15.6 Å². The molecule has 0 spiro atoms. The molecule has 1 fully saturated rings. The summed E-state index contributed by atoms with van der Waals surface area (Å²) < 4.78 is 27.9. The smallest absolute Gasteiger partial charge is 0.191 e. The van der Waals surface area contributed by atoms with Crippen molar-refractivity contribution in [3.63, 3.8) is 0 Å². The monoisotopic (exact) mass is 373 g/mol. The average Bonchev–Trinajstić information content (AvgIpc) is 3.10. The summed E-state index contributed by atoms with van der Waals surface area (Å²) in [5.74, 6) is -0.356. The number of pyridine rings is 1. The van der Waals surface area contributed by atoms with Crippen LogP contribution in [0.2, 0.25) is 0 Å². The molecule has 0 amide bonds. The maximum atomic E-state index is 14.0. The van der Waals surface area contributed by atoms with Crippen molar-refractivity contribution in [2.24, 2.45) is 4.99 Å². The second kappa shape index (κ2) is 8.79. The van der Waals surface area contributed by atoms with E-state index in [0.29, 0.717) is 19.0 Å². The molecule has 2 heterocycles. The lowest BCUT2D eigenvalue weighted by Gasteiger charge is -2.21. The van der Waals surface area contributed by atoms with E-state index in [1.54, 1.807) is 11.9 Å². The Bertz CT molecular complexity index is 771. The zero-order chi connectivity index (χ0) is 19.2. The predicted octanol–water partition coefficient (Wildman–Crippen LogP) is 2.65. The summed E-state index contributed by atoms with van der Waals surface area (Å²) in [6.45, 7) is 3.82. The van der Waals surface area contributed by atoms with Gasteiger partial charge in [-0.05, 0) is 43.5 Å². The molecule has 1 aliphatic rings. The molecule has 5 nitrogen and oxygen atoms in total. The highest BCUT2D eigenvalue weighted by Gasteiger charge is 2.27. The number of nitrogens with zero attached hydrogens (tertiary/aromatic N) is 3. The van der Waals surface area contributed by atoms with Crippen LogP contribution in [0.3, 0.4) is 0 Å². The number of nitrogens with one attached hydrogen (secondary N) is 2. The number of halogens is 2. The number of aryl methyl sites for hydroxylation is 1. The molecule has 27 heavy (non-hydrogen) atoms. The molecule has 1 atom stereocenters. The highest BCUT2D eigenvalue weighted by atomic mass is 19.1. The summed E-state index contributed by atoms with van der Waals surface area (Å²) in [4.78, 5) is 10.3. The lowest BCUT2D eigenvalue weighted by molar-refractivity contribution is 0.576. The highest BCUT2D eigenvalue weighted by molar-refractivity contribution is 5.80. The second-order valence-corrected chi connectivity index (χ2v) is 6.70. The van der Waals surface area contributed by atoms with Gasteiger partial charge >= 0.3 is 0 Å². The first-order chi connectivity index (χ1) is 13.1. The molecule has 7 heteroatoms. The van der Waals surface area contributed by atoms with Crippen LogP contribution in [0.15, 0.2) is 41.5 Å². The molecule has 3 rings (SSSR count). The molecule has 1 unspecified atom stereocenters. The minimum atomic E-state index is -0.523. The van der Waals surface area contributed by atoms with E-state index in [-0.39, 0.29) is 11.7 Å². The Hall–Kier alpha value is -2.70. The van der Waals surface area contributed by atoms with Crippen molar-refractivity contribution in [2.75, 3.05) is 31.6 Å². The van der Waals surface area contributed by atoms with Crippen molar-refractivity contribution in [1.29, 1.82) is 0 Å². The zero-order valence-electron chi connectivity index (χ0n) is 15.7. The molecular weight excluding hydrogens is 348 g/mol. The number of guanidine groups is 1. The van der Waals surface area contributed by atoms with Gasteiger partial charge in [0.25, 0.3) is 0 Å². The van der Waals surface area contributed by atoms with Crippen molar-refractivity contribution >= 4 is 11.6 Å². The maximum Gasteiger partial charge on any atom is 0.191 e. The van der Waals surface area contributed by atoms with Crippen LogP contribution >= 0.6 is 0 Å². The van der Waals surface area contributed by atoms with Crippen LogP contribution in [0, 0.1) is 18.6 Å². The minimum Gasteiger partial charge on any atom is -0.365 e. The van der Waals surface area contributed by atoms with Gasteiger partial charge in [-0.1, -0.05) is 12.1 Å². The Kier molecular flexibility index (Phi) is 6.21. The molecule has 1 aliphatic heterocycles. The Labute approximate surface area is 158 Å². The van der Waals surface area contributed by atoms with Gasteiger partial charge in [0.05, 0.1) is 0 Å². The molecule has 2 N–H and O–H groups in total. The standard InChI is InChI=1S/C20H25F2N5/c1-14-6-7-15(12-25-14)8-10-24-20(23-2)26-16-9-11-27(13-16)19-17(21)4-3-5-18(19)22/h3-7,12,16H,8-11,13H2,1-2H3,(H2,23,24,26). The first kappa shape index (κ1) is 19.1. The maximum absolute atomic E-state index is 14.0. The summed E-state index contributed by atoms with van der Waals surface area (Å²) in [7, 11) is 1.71. The molecule has 0 bridgehead atoms. The first-order valence-electron chi connectivity index (χ1n) is 9.14. The predicted molar refractivity (Wildman–Crippen MR) is 104 cm³/mol. The highest BCUT2D eigenvalue weighted by Crippen LogP contribution is 2.26. The molecule has 0 radical (unpaired) electrons. The van der Waals surface area contributed by atoms with Gasteiger partial charge in [-0.3, -0.25) is 9.98 Å². The Morgan fingerprint density at radius 1 is 1.26 bits per heavy atom. The first-order valence-corrected chi connectivity index (χ1v) is 9.14. The summed E-state index contributed by atoms with van der Waals surface area (Å²) in [5.41, 5.74) is 2.21. The van der Waals surface area contributed by atoms with Crippen molar-refractivity contribution in [3.8, 4) is 0 Å². The van der Waals surface area contributed by atoms with Crippen molar-refractivity contribution < 1.29 is 8.78 Å². The molecule has 144 valence electrons. The number of aliphatic imine (C=N–C) groups is 1. The number of rotatable bonds is 5. The largest absolute Gasteiger partial charge is 0.365 e. The zero-order valence-corrected chi connectivity index (χ0v) is 15.7. The van der Waals surface area contributed by atoms with E-state index in [1.165, 1.54) is 18.2 Å². The quantitative estimate of drug-likeness (QED) is 0.625. The number of anilines is 1. The van der Waals surface area contributed by atoms with Gasteiger partial charge in [-0.25, -0.2) is 8.78 Å². The normalized spacial score (nSPS) is 17.3. The Morgan fingerprint density at radius 3 is 2.70 bits per heavy atom. The van der Waals surface area contributed by atoms with E-state index < -0.39 is 11.6 Å². The Morgan fingerprint density at radius 2 is 2.04 bits per heavy atom. The van der Waals surface area contributed by atoms with Crippen molar-refractivity contribution in [2.45, 2.75) is 25.8 Å². The number of hydrogen-bond donors (Lipinski definition) is 2. The summed E-state index contributed by atoms with van der Waals surface area (Å²) in [6.07, 6.45) is 3.51. The fraction of sp³-hybridized carbons (Fsp3) is 0.400. The van der Waals surface area contributed by atoms with Crippen LogP contribution in [0.4, 0.5) is 14.5 Å². The van der Waals surface area contributed by atoms with Crippen LogP contribution < -0.4 is 15.5 Å². The second-order valence-electron chi connectivity index (χ2n) is 6.70.